The molecule has 9 nitrogen and oxygen atoms in total. The second-order valence-electron chi connectivity index (χ2n) is 9.30. The number of halogens is 1. The second kappa shape index (κ2) is 11.0. The summed E-state index contributed by atoms with van der Waals surface area (Å²) >= 11 is 6.11. The number of ether oxygens (including phenoxy) is 2. The van der Waals surface area contributed by atoms with Gasteiger partial charge < -0.3 is 24.2 Å². The molecule has 1 aromatic carbocycles. The minimum absolute atomic E-state index is 0.0657. The van der Waals surface area contributed by atoms with Crippen LogP contribution in [0.5, 0.6) is 5.75 Å². The van der Waals surface area contributed by atoms with Crippen LogP contribution in [0.4, 0.5) is 11.6 Å². The van der Waals surface area contributed by atoms with Crippen molar-refractivity contribution in [2.75, 3.05) is 82.4 Å². The topological polar surface area (TPSA) is 74.3 Å². The van der Waals surface area contributed by atoms with E-state index in [1.54, 1.807) is 25.3 Å². The molecule has 0 saturated carbocycles. The lowest BCUT2D eigenvalue weighted by atomic mass is 10.1. The van der Waals surface area contributed by atoms with Crippen molar-refractivity contribution in [2.45, 2.75) is 18.9 Å². The number of aromatic nitrogens is 2. The minimum Gasteiger partial charge on any atom is -0.496 e. The molecule has 0 radical (unpaired) electrons. The summed E-state index contributed by atoms with van der Waals surface area (Å²) in [6.45, 7) is 8.51. The van der Waals surface area contributed by atoms with Crippen LogP contribution in [0, 0.1) is 0 Å². The summed E-state index contributed by atoms with van der Waals surface area (Å²) in [7, 11) is 1.56. The zero-order chi connectivity index (χ0) is 24.2. The number of hydrogen-bond donors (Lipinski definition) is 0. The van der Waals surface area contributed by atoms with Crippen LogP contribution in [0.1, 0.15) is 23.2 Å². The number of rotatable bonds is 6. The van der Waals surface area contributed by atoms with E-state index in [0.29, 0.717) is 48.6 Å². The van der Waals surface area contributed by atoms with Gasteiger partial charge in [0.15, 0.2) is 11.6 Å². The molecule has 3 fully saturated rings. The molecule has 1 aromatic heterocycles. The van der Waals surface area contributed by atoms with Crippen molar-refractivity contribution < 1.29 is 14.3 Å². The SMILES string of the molecule is COc1ccc(Cl)cc1C(=O)N1CCN(c2ccc(N3CCN(CC4CCCO4)CC3)nn2)CC1. The number of carbonyl (C=O) groups is 1. The van der Waals surface area contributed by atoms with Crippen molar-refractivity contribution in [2.24, 2.45) is 0 Å². The normalized spacial score (nSPS) is 21.4. The molecule has 1 atom stereocenters. The Morgan fingerprint density at radius 1 is 1.00 bits per heavy atom. The predicted molar refractivity (Wildman–Crippen MR) is 136 cm³/mol. The van der Waals surface area contributed by atoms with Crippen molar-refractivity contribution in [1.82, 2.24) is 20.0 Å². The molecular weight excluding hydrogens is 468 g/mol. The molecular formula is C25H33ClN6O3. The molecule has 10 heteroatoms. The Labute approximate surface area is 211 Å². The summed E-state index contributed by atoms with van der Waals surface area (Å²) in [5.74, 6) is 2.24. The van der Waals surface area contributed by atoms with E-state index in [-0.39, 0.29) is 5.91 Å². The number of piperazine rings is 2. The number of nitrogens with zero attached hydrogens (tertiary/aromatic N) is 6. The van der Waals surface area contributed by atoms with E-state index in [2.05, 4.69) is 31.0 Å². The van der Waals surface area contributed by atoms with E-state index < -0.39 is 0 Å². The lowest BCUT2D eigenvalue weighted by Crippen LogP contribution is -2.49. The van der Waals surface area contributed by atoms with Crippen molar-refractivity contribution in [3.8, 4) is 5.75 Å². The van der Waals surface area contributed by atoms with Gasteiger partial charge in [0.25, 0.3) is 5.91 Å². The molecule has 3 saturated heterocycles. The zero-order valence-electron chi connectivity index (χ0n) is 20.2. The Balaban J connectivity index is 1.12. The molecule has 2 aromatic rings. The van der Waals surface area contributed by atoms with Gasteiger partial charge in [-0.05, 0) is 43.2 Å². The number of benzene rings is 1. The van der Waals surface area contributed by atoms with E-state index in [4.69, 9.17) is 21.1 Å². The quantitative estimate of drug-likeness (QED) is 0.598. The molecule has 3 aliphatic rings. The molecule has 1 unspecified atom stereocenters. The van der Waals surface area contributed by atoms with Crippen LogP contribution in [-0.2, 0) is 4.74 Å². The first-order valence-electron chi connectivity index (χ1n) is 12.4. The molecule has 0 spiro atoms. The molecule has 4 heterocycles. The Kier molecular flexibility index (Phi) is 7.55. The van der Waals surface area contributed by atoms with Crippen molar-refractivity contribution in [3.63, 3.8) is 0 Å². The fraction of sp³-hybridized carbons (Fsp3) is 0.560. The third kappa shape index (κ3) is 5.63. The van der Waals surface area contributed by atoms with Crippen LogP contribution in [0.25, 0.3) is 0 Å². The van der Waals surface area contributed by atoms with Crippen LogP contribution < -0.4 is 14.5 Å². The van der Waals surface area contributed by atoms with Gasteiger partial charge in [-0.25, -0.2) is 0 Å². The van der Waals surface area contributed by atoms with E-state index in [0.717, 1.165) is 51.0 Å². The molecule has 0 bridgehead atoms. The summed E-state index contributed by atoms with van der Waals surface area (Å²) < 4.78 is 11.1. The molecule has 188 valence electrons. The lowest BCUT2D eigenvalue weighted by Gasteiger charge is -2.37. The van der Waals surface area contributed by atoms with Gasteiger partial charge in [0.1, 0.15) is 5.75 Å². The number of amides is 1. The van der Waals surface area contributed by atoms with Gasteiger partial charge in [-0.3, -0.25) is 9.69 Å². The van der Waals surface area contributed by atoms with Gasteiger partial charge in [-0.2, -0.15) is 0 Å². The fourth-order valence-corrected chi connectivity index (χ4v) is 5.22. The lowest BCUT2D eigenvalue weighted by molar-refractivity contribution is 0.0712. The Bertz CT molecular complexity index is 1000. The smallest absolute Gasteiger partial charge is 0.257 e. The maximum absolute atomic E-state index is 13.0. The Hall–Kier alpha value is -2.62. The predicted octanol–water partition coefficient (Wildman–Crippen LogP) is 2.40. The number of methoxy groups -OCH3 is 1. The molecule has 3 aliphatic heterocycles. The van der Waals surface area contributed by atoms with Crippen molar-refractivity contribution >= 4 is 29.1 Å². The van der Waals surface area contributed by atoms with Gasteiger partial charge >= 0.3 is 0 Å². The van der Waals surface area contributed by atoms with Crippen LogP contribution in [0.15, 0.2) is 30.3 Å². The third-order valence-corrected chi connectivity index (χ3v) is 7.34. The first-order valence-corrected chi connectivity index (χ1v) is 12.8. The second-order valence-corrected chi connectivity index (χ2v) is 9.73. The van der Waals surface area contributed by atoms with E-state index in [1.165, 1.54) is 12.8 Å². The highest BCUT2D eigenvalue weighted by molar-refractivity contribution is 6.31. The number of hydrogen-bond acceptors (Lipinski definition) is 8. The number of anilines is 2. The highest BCUT2D eigenvalue weighted by Gasteiger charge is 2.26. The van der Waals surface area contributed by atoms with Crippen LogP contribution in [0.3, 0.4) is 0 Å². The summed E-state index contributed by atoms with van der Waals surface area (Å²) in [5.41, 5.74) is 0.494. The van der Waals surface area contributed by atoms with Crippen LogP contribution >= 0.6 is 11.6 Å². The third-order valence-electron chi connectivity index (χ3n) is 7.10. The first kappa shape index (κ1) is 24.1. The maximum Gasteiger partial charge on any atom is 0.257 e. The Morgan fingerprint density at radius 3 is 2.23 bits per heavy atom. The van der Waals surface area contributed by atoms with Crippen LogP contribution in [-0.4, -0.2) is 105 Å². The Morgan fingerprint density at radius 2 is 1.66 bits per heavy atom. The molecule has 1 amide bonds. The molecule has 5 rings (SSSR count). The summed E-state index contributed by atoms with van der Waals surface area (Å²) in [6, 6.07) is 9.22. The average molecular weight is 501 g/mol. The van der Waals surface area contributed by atoms with Gasteiger partial charge in [-0.15, -0.1) is 10.2 Å². The fourth-order valence-electron chi connectivity index (χ4n) is 5.05. The van der Waals surface area contributed by atoms with E-state index in [1.807, 2.05) is 11.0 Å². The highest BCUT2D eigenvalue weighted by atomic mass is 35.5. The van der Waals surface area contributed by atoms with Gasteiger partial charge in [0.2, 0.25) is 0 Å². The monoisotopic (exact) mass is 500 g/mol. The largest absolute Gasteiger partial charge is 0.496 e. The average Bonchev–Trinajstić information content (AvgIpc) is 3.42. The number of carbonyl (C=O) groups excluding carboxylic acids is 1. The van der Waals surface area contributed by atoms with Gasteiger partial charge in [0, 0.05) is 70.5 Å². The van der Waals surface area contributed by atoms with Gasteiger partial charge in [-0.1, -0.05) is 11.6 Å². The van der Waals surface area contributed by atoms with E-state index in [9.17, 15) is 4.79 Å². The standard InChI is InChI=1S/C25H33ClN6O3/c1-34-22-5-4-19(26)17-21(22)25(33)32-14-12-31(13-15-32)24-7-6-23(27-28-24)30-10-8-29(9-11-30)18-20-3-2-16-35-20/h4-7,17,20H,2-3,8-16,18H2,1H3. The molecule has 0 N–H and O–H groups in total. The summed E-state index contributed by atoms with van der Waals surface area (Å²) in [4.78, 5) is 21.8. The molecule has 0 aliphatic carbocycles. The molecule has 35 heavy (non-hydrogen) atoms. The highest BCUT2D eigenvalue weighted by Crippen LogP contribution is 2.25. The summed E-state index contributed by atoms with van der Waals surface area (Å²) in [5, 5.41) is 9.55. The minimum atomic E-state index is -0.0657. The zero-order valence-corrected chi connectivity index (χ0v) is 21.0. The first-order chi connectivity index (χ1) is 17.1. The van der Waals surface area contributed by atoms with Crippen molar-refractivity contribution in [1.29, 1.82) is 0 Å². The van der Waals surface area contributed by atoms with Crippen molar-refractivity contribution in [3.05, 3.63) is 40.9 Å². The van der Waals surface area contributed by atoms with Crippen LogP contribution in [0.2, 0.25) is 5.02 Å². The van der Waals surface area contributed by atoms with E-state index >= 15 is 0 Å². The van der Waals surface area contributed by atoms with Gasteiger partial charge in [0.05, 0.1) is 18.8 Å². The summed E-state index contributed by atoms with van der Waals surface area (Å²) in [6.07, 6.45) is 2.78. The maximum atomic E-state index is 13.0.